The number of amides is 1. The number of aliphatic carboxylic acids is 1. The number of ether oxygens (including phenoxy) is 1. The maximum atomic E-state index is 12.3. The van der Waals surface area contributed by atoms with Crippen LogP contribution in [0, 0.1) is 11.8 Å². The predicted molar refractivity (Wildman–Crippen MR) is 82.4 cm³/mol. The number of fused-ring (bicyclic) bond motifs is 1. The molecule has 1 amide bonds. The van der Waals surface area contributed by atoms with Gasteiger partial charge >= 0.3 is 5.97 Å². The normalized spacial score (nSPS) is 18.6. The molecule has 1 aliphatic heterocycles. The molecular formula is C17H23NO4. The van der Waals surface area contributed by atoms with Crippen molar-refractivity contribution in [1.82, 2.24) is 5.32 Å². The Bertz CT molecular complexity index is 541. The third-order valence-electron chi connectivity index (χ3n) is 3.86. The van der Waals surface area contributed by atoms with Crippen LogP contribution < -0.4 is 5.32 Å². The standard InChI is InChI=1S/C17H23NO4/c1-11(2)9-13(17(20)21)10-18-16(19)15-14-6-4-3-5-12(14)7-8-22-15/h3-6,11,13,15H,7-10H2,1-2H3,(H,18,19)(H,20,21). The van der Waals surface area contributed by atoms with Crippen LogP contribution in [0.4, 0.5) is 0 Å². The Kier molecular flexibility index (Phi) is 5.55. The van der Waals surface area contributed by atoms with E-state index >= 15 is 0 Å². The molecule has 0 spiro atoms. The molecule has 0 fully saturated rings. The number of carbonyl (C=O) groups excluding carboxylic acids is 1. The first kappa shape index (κ1) is 16.5. The lowest BCUT2D eigenvalue weighted by molar-refractivity contribution is -0.142. The second-order valence-corrected chi connectivity index (χ2v) is 6.11. The lowest BCUT2D eigenvalue weighted by Gasteiger charge is -2.26. The van der Waals surface area contributed by atoms with E-state index in [2.05, 4.69) is 5.32 Å². The van der Waals surface area contributed by atoms with Crippen LogP contribution in [0.2, 0.25) is 0 Å². The molecule has 0 saturated carbocycles. The first-order valence-electron chi connectivity index (χ1n) is 7.69. The zero-order valence-corrected chi connectivity index (χ0v) is 13.0. The van der Waals surface area contributed by atoms with Crippen LogP contribution in [0.5, 0.6) is 0 Å². The molecule has 1 aromatic carbocycles. The highest BCUT2D eigenvalue weighted by molar-refractivity contribution is 5.83. The minimum absolute atomic E-state index is 0.133. The SMILES string of the molecule is CC(C)CC(CNC(=O)C1OCCc2ccccc21)C(=O)O. The summed E-state index contributed by atoms with van der Waals surface area (Å²) in [4.78, 5) is 23.6. The van der Waals surface area contributed by atoms with Crippen LogP contribution in [0.3, 0.4) is 0 Å². The van der Waals surface area contributed by atoms with E-state index in [4.69, 9.17) is 4.74 Å². The monoisotopic (exact) mass is 305 g/mol. The molecule has 5 nitrogen and oxygen atoms in total. The van der Waals surface area contributed by atoms with Crippen LogP contribution in [-0.4, -0.2) is 30.1 Å². The molecular weight excluding hydrogens is 282 g/mol. The van der Waals surface area contributed by atoms with Crippen LogP contribution in [0.1, 0.15) is 37.5 Å². The smallest absolute Gasteiger partial charge is 0.308 e. The van der Waals surface area contributed by atoms with Crippen molar-refractivity contribution in [2.45, 2.75) is 32.8 Å². The van der Waals surface area contributed by atoms with Crippen molar-refractivity contribution in [1.29, 1.82) is 0 Å². The quantitative estimate of drug-likeness (QED) is 0.844. The summed E-state index contributed by atoms with van der Waals surface area (Å²) in [5.74, 6) is -1.44. The van der Waals surface area contributed by atoms with Gasteiger partial charge in [-0.25, -0.2) is 0 Å². The van der Waals surface area contributed by atoms with Gasteiger partial charge in [0.15, 0.2) is 6.10 Å². The molecule has 5 heteroatoms. The van der Waals surface area contributed by atoms with E-state index in [9.17, 15) is 14.7 Å². The fourth-order valence-electron chi connectivity index (χ4n) is 2.77. The first-order chi connectivity index (χ1) is 10.5. The predicted octanol–water partition coefficient (Wildman–Crippen LogP) is 2.16. The van der Waals surface area contributed by atoms with Gasteiger partial charge in [0.05, 0.1) is 12.5 Å². The lowest BCUT2D eigenvalue weighted by Crippen LogP contribution is -2.38. The van der Waals surface area contributed by atoms with Gasteiger partial charge in [0.2, 0.25) is 0 Å². The molecule has 2 unspecified atom stereocenters. The highest BCUT2D eigenvalue weighted by atomic mass is 16.5. The van der Waals surface area contributed by atoms with Gasteiger partial charge < -0.3 is 15.2 Å². The first-order valence-corrected chi connectivity index (χ1v) is 7.69. The third kappa shape index (κ3) is 4.07. The van der Waals surface area contributed by atoms with Crippen molar-refractivity contribution < 1.29 is 19.4 Å². The Hall–Kier alpha value is -1.88. The molecule has 1 heterocycles. The highest BCUT2D eigenvalue weighted by Gasteiger charge is 2.28. The van der Waals surface area contributed by atoms with Gasteiger partial charge in [0, 0.05) is 6.54 Å². The molecule has 22 heavy (non-hydrogen) atoms. The molecule has 1 aromatic rings. The van der Waals surface area contributed by atoms with Crippen molar-refractivity contribution >= 4 is 11.9 Å². The van der Waals surface area contributed by atoms with Crippen molar-refractivity contribution in [2.24, 2.45) is 11.8 Å². The summed E-state index contributed by atoms with van der Waals surface area (Å²) in [5.41, 5.74) is 1.99. The van der Waals surface area contributed by atoms with E-state index in [1.165, 1.54) is 0 Å². The Morgan fingerprint density at radius 1 is 1.36 bits per heavy atom. The lowest BCUT2D eigenvalue weighted by atomic mass is 9.95. The van der Waals surface area contributed by atoms with Crippen molar-refractivity contribution in [2.75, 3.05) is 13.2 Å². The van der Waals surface area contributed by atoms with E-state index in [1.807, 2.05) is 38.1 Å². The van der Waals surface area contributed by atoms with Crippen LogP contribution >= 0.6 is 0 Å². The van der Waals surface area contributed by atoms with E-state index in [1.54, 1.807) is 0 Å². The van der Waals surface area contributed by atoms with Gasteiger partial charge in [-0.15, -0.1) is 0 Å². The minimum atomic E-state index is -0.876. The summed E-state index contributed by atoms with van der Waals surface area (Å²) in [6, 6.07) is 7.72. The van der Waals surface area contributed by atoms with E-state index in [0.29, 0.717) is 13.0 Å². The summed E-state index contributed by atoms with van der Waals surface area (Å²) in [5, 5.41) is 12.0. The zero-order valence-electron chi connectivity index (χ0n) is 13.0. The molecule has 2 atom stereocenters. The maximum absolute atomic E-state index is 12.3. The average molecular weight is 305 g/mol. The molecule has 2 N–H and O–H groups in total. The molecule has 1 aliphatic rings. The highest BCUT2D eigenvalue weighted by Crippen LogP contribution is 2.27. The molecule has 2 rings (SSSR count). The van der Waals surface area contributed by atoms with Crippen molar-refractivity contribution in [3.63, 3.8) is 0 Å². The topological polar surface area (TPSA) is 75.6 Å². The van der Waals surface area contributed by atoms with E-state index in [0.717, 1.165) is 17.5 Å². The van der Waals surface area contributed by atoms with Crippen LogP contribution in [0.15, 0.2) is 24.3 Å². The summed E-state index contributed by atoms with van der Waals surface area (Å²) in [6.45, 7) is 4.58. The molecule has 120 valence electrons. The number of rotatable bonds is 6. The van der Waals surface area contributed by atoms with Gasteiger partial charge in [0.25, 0.3) is 5.91 Å². The van der Waals surface area contributed by atoms with Gasteiger partial charge in [-0.1, -0.05) is 38.1 Å². The fraction of sp³-hybridized carbons (Fsp3) is 0.529. The van der Waals surface area contributed by atoms with E-state index < -0.39 is 18.0 Å². The van der Waals surface area contributed by atoms with Gasteiger partial charge in [-0.05, 0) is 29.9 Å². The number of carbonyl (C=O) groups is 2. The van der Waals surface area contributed by atoms with Crippen LogP contribution in [0.25, 0.3) is 0 Å². The average Bonchev–Trinajstić information content (AvgIpc) is 2.50. The number of carboxylic acid groups (broad SMARTS) is 1. The zero-order chi connectivity index (χ0) is 16.1. The number of hydrogen-bond acceptors (Lipinski definition) is 3. The molecule has 0 bridgehead atoms. The Balaban J connectivity index is 1.99. The summed E-state index contributed by atoms with van der Waals surface area (Å²) < 4.78 is 5.58. The second-order valence-electron chi connectivity index (χ2n) is 6.11. The number of carboxylic acids is 1. The van der Waals surface area contributed by atoms with Crippen LogP contribution in [-0.2, 0) is 20.7 Å². The molecule has 0 aliphatic carbocycles. The summed E-state index contributed by atoms with van der Waals surface area (Å²) in [7, 11) is 0. The van der Waals surface area contributed by atoms with Crippen molar-refractivity contribution in [3.8, 4) is 0 Å². The molecule has 0 saturated heterocycles. The third-order valence-corrected chi connectivity index (χ3v) is 3.86. The van der Waals surface area contributed by atoms with Crippen molar-refractivity contribution in [3.05, 3.63) is 35.4 Å². The second kappa shape index (κ2) is 7.40. The summed E-state index contributed by atoms with van der Waals surface area (Å²) in [6.07, 6.45) is 0.696. The minimum Gasteiger partial charge on any atom is -0.481 e. The Labute approximate surface area is 130 Å². The van der Waals surface area contributed by atoms with Gasteiger partial charge in [-0.3, -0.25) is 9.59 Å². The fourth-order valence-corrected chi connectivity index (χ4v) is 2.77. The maximum Gasteiger partial charge on any atom is 0.308 e. The number of hydrogen-bond donors (Lipinski definition) is 2. The van der Waals surface area contributed by atoms with E-state index in [-0.39, 0.29) is 18.4 Å². The number of nitrogens with one attached hydrogen (secondary N) is 1. The molecule has 0 radical (unpaired) electrons. The molecule has 0 aromatic heterocycles. The van der Waals surface area contributed by atoms with Gasteiger partial charge in [-0.2, -0.15) is 0 Å². The Morgan fingerprint density at radius 3 is 2.77 bits per heavy atom. The van der Waals surface area contributed by atoms with Gasteiger partial charge in [0.1, 0.15) is 0 Å². The number of benzene rings is 1. The largest absolute Gasteiger partial charge is 0.481 e. The summed E-state index contributed by atoms with van der Waals surface area (Å²) >= 11 is 0. The Morgan fingerprint density at radius 2 is 2.09 bits per heavy atom.